The first-order chi connectivity index (χ1) is 13.1. The largest absolute Gasteiger partial charge is 0.486 e. The molecular weight excluding hydrogens is 338 g/mol. The van der Waals surface area contributed by atoms with Crippen molar-refractivity contribution in [3.8, 4) is 5.75 Å². The zero-order valence-electron chi connectivity index (χ0n) is 15.7. The van der Waals surface area contributed by atoms with Crippen LogP contribution >= 0.6 is 0 Å². The molecule has 138 valence electrons. The Balaban J connectivity index is 1.40. The average Bonchev–Trinajstić information content (AvgIpc) is 3.17. The molecule has 0 radical (unpaired) electrons. The number of rotatable bonds is 4. The van der Waals surface area contributed by atoms with E-state index in [0.717, 1.165) is 12.2 Å². The second-order valence-electron chi connectivity index (χ2n) is 7.05. The Morgan fingerprint density at radius 3 is 2.67 bits per heavy atom. The number of nitrogens with zero attached hydrogens (tertiary/aromatic N) is 1. The molecule has 4 heteroatoms. The summed E-state index contributed by atoms with van der Waals surface area (Å²) >= 11 is 0. The van der Waals surface area contributed by atoms with Gasteiger partial charge >= 0.3 is 0 Å². The summed E-state index contributed by atoms with van der Waals surface area (Å²) in [5.41, 5.74) is 4.95. The van der Waals surface area contributed by atoms with E-state index in [-0.39, 0.29) is 5.91 Å². The Morgan fingerprint density at radius 1 is 1.04 bits per heavy atom. The molecule has 3 aromatic rings. The van der Waals surface area contributed by atoms with Gasteiger partial charge in [-0.3, -0.25) is 4.79 Å². The van der Waals surface area contributed by atoms with Gasteiger partial charge in [-0.2, -0.15) is 0 Å². The van der Waals surface area contributed by atoms with E-state index in [9.17, 15) is 4.79 Å². The average molecular weight is 361 g/mol. The quantitative estimate of drug-likeness (QED) is 0.678. The third-order valence-corrected chi connectivity index (χ3v) is 5.15. The lowest BCUT2D eigenvalue weighted by atomic mass is 10.00. The van der Waals surface area contributed by atoms with Gasteiger partial charge < -0.3 is 14.1 Å². The Morgan fingerprint density at radius 2 is 1.85 bits per heavy atom. The molecule has 2 aromatic carbocycles. The van der Waals surface area contributed by atoms with Crippen LogP contribution in [0.5, 0.6) is 5.75 Å². The van der Waals surface area contributed by atoms with Crippen molar-refractivity contribution in [1.82, 2.24) is 4.90 Å². The number of fused-ring (bicyclic) bond motifs is 1. The van der Waals surface area contributed by atoms with Crippen LogP contribution < -0.4 is 4.74 Å². The minimum atomic E-state index is -0.0677. The molecule has 0 bridgehead atoms. The number of aryl methyl sites for hydroxylation is 2. The van der Waals surface area contributed by atoms with Gasteiger partial charge in [-0.1, -0.05) is 30.3 Å². The summed E-state index contributed by atoms with van der Waals surface area (Å²) in [6.07, 6.45) is 0.880. The molecule has 0 saturated carbocycles. The second-order valence-corrected chi connectivity index (χ2v) is 7.05. The predicted molar refractivity (Wildman–Crippen MR) is 104 cm³/mol. The number of amides is 1. The van der Waals surface area contributed by atoms with E-state index in [0.29, 0.717) is 31.2 Å². The molecule has 0 fully saturated rings. The third kappa shape index (κ3) is 3.75. The van der Waals surface area contributed by atoms with Gasteiger partial charge in [-0.15, -0.1) is 0 Å². The van der Waals surface area contributed by atoms with Crippen LogP contribution in [0.15, 0.2) is 59.0 Å². The molecule has 1 amide bonds. The molecule has 1 aliphatic heterocycles. The topological polar surface area (TPSA) is 42.7 Å². The van der Waals surface area contributed by atoms with E-state index in [1.807, 2.05) is 41.3 Å². The Hall–Kier alpha value is -3.01. The van der Waals surface area contributed by atoms with Gasteiger partial charge in [0.2, 0.25) is 0 Å². The highest BCUT2D eigenvalue weighted by Crippen LogP contribution is 2.22. The Labute approximate surface area is 159 Å². The molecule has 27 heavy (non-hydrogen) atoms. The highest BCUT2D eigenvalue weighted by molar-refractivity contribution is 5.91. The van der Waals surface area contributed by atoms with Crippen molar-refractivity contribution in [3.05, 3.63) is 88.4 Å². The number of carbonyl (C=O) groups excluding carboxylic acids is 1. The molecule has 1 aliphatic rings. The molecule has 1 aromatic heterocycles. The lowest BCUT2D eigenvalue weighted by Gasteiger charge is -2.28. The summed E-state index contributed by atoms with van der Waals surface area (Å²) in [5.74, 6) is 1.75. The SMILES string of the molecule is Cc1ccc(OCc2ccc(C(=O)N3CCc4ccccc4C3)o2)cc1C. The summed E-state index contributed by atoms with van der Waals surface area (Å²) < 4.78 is 11.5. The van der Waals surface area contributed by atoms with Crippen LogP contribution in [0.25, 0.3) is 0 Å². The number of benzene rings is 2. The summed E-state index contributed by atoms with van der Waals surface area (Å²) in [6.45, 7) is 5.78. The lowest BCUT2D eigenvalue weighted by Crippen LogP contribution is -2.35. The summed E-state index contributed by atoms with van der Waals surface area (Å²) in [6, 6.07) is 17.8. The van der Waals surface area contributed by atoms with Crippen LogP contribution in [-0.4, -0.2) is 17.4 Å². The predicted octanol–water partition coefficient (Wildman–Crippen LogP) is 4.67. The van der Waals surface area contributed by atoms with Crippen molar-refractivity contribution < 1.29 is 13.9 Å². The number of hydrogen-bond donors (Lipinski definition) is 0. The molecule has 0 spiro atoms. The first kappa shape index (κ1) is 17.4. The third-order valence-electron chi connectivity index (χ3n) is 5.15. The highest BCUT2D eigenvalue weighted by atomic mass is 16.5. The van der Waals surface area contributed by atoms with Crippen LogP contribution in [0.1, 0.15) is 38.6 Å². The molecule has 0 aliphatic carbocycles. The number of hydrogen-bond acceptors (Lipinski definition) is 3. The summed E-state index contributed by atoms with van der Waals surface area (Å²) in [5, 5.41) is 0. The Bertz CT molecular complexity index is 973. The van der Waals surface area contributed by atoms with Gasteiger partial charge in [0.15, 0.2) is 5.76 Å². The van der Waals surface area contributed by atoms with Gasteiger partial charge in [-0.05, 0) is 66.8 Å². The zero-order chi connectivity index (χ0) is 18.8. The van der Waals surface area contributed by atoms with Crippen molar-refractivity contribution >= 4 is 5.91 Å². The maximum Gasteiger partial charge on any atom is 0.289 e. The normalized spacial score (nSPS) is 13.3. The van der Waals surface area contributed by atoms with Gasteiger partial charge in [0.25, 0.3) is 5.91 Å². The monoisotopic (exact) mass is 361 g/mol. The van der Waals surface area contributed by atoms with Crippen LogP contribution in [-0.2, 0) is 19.6 Å². The van der Waals surface area contributed by atoms with Crippen LogP contribution in [0.2, 0.25) is 0 Å². The van der Waals surface area contributed by atoms with Gasteiger partial charge in [-0.25, -0.2) is 0 Å². The molecule has 0 saturated heterocycles. The minimum Gasteiger partial charge on any atom is -0.486 e. The van der Waals surface area contributed by atoms with Crippen LogP contribution in [0.3, 0.4) is 0 Å². The van der Waals surface area contributed by atoms with Crippen LogP contribution in [0, 0.1) is 13.8 Å². The second kappa shape index (κ2) is 7.31. The Kier molecular flexibility index (Phi) is 4.71. The molecule has 0 atom stereocenters. The van der Waals surface area contributed by atoms with Crippen molar-refractivity contribution in [2.45, 2.75) is 33.4 Å². The molecule has 0 N–H and O–H groups in total. The molecule has 4 rings (SSSR count). The number of ether oxygens (including phenoxy) is 1. The van der Waals surface area contributed by atoms with E-state index in [4.69, 9.17) is 9.15 Å². The summed E-state index contributed by atoms with van der Waals surface area (Å²) in [7, 11) is 0. The number of furan rings is 1. The van der Waals surface area contributed by atoms with Crippen molar-refractivity contribution in [2.24, 2.45) is 0 Å². The van der Waals surface area contributed by atoms with Crippen molar-refractivity contribution in [2.75, 3.05) is 6.54 Å². The van der Waals surface area contributed by atoms with Crippen molar-refractivity contribution in [3.63, 3.8) is 0 Å². The lowest BCUT2D eigenvalue weighted by molar-refractivity contribution is 0.0698. The number of carbonyl (C=O) groups is 1. The standard InChI is InChI=1S/C23H23NO3/c1-16-7-8-20(13-17(16)2)26-15-21-9-10-22(27-21)23(25)24-12-11-18-5-3-4-6-19(18)14-24/h3-10,13H,11-12,14-15H2,1-2H3. The highest BCUT2D eigenvalue weighted by Gasteiger charge is 2.23. The maximum atomic E-state index is 12.8. The van der Waals surface area contributed by atoms with E-state index in [1.165, 1.54) is 22.3 Å². The van der Waals surface area contributed by atoms with E-state index >= 15 is 0 Å². The molecule has 0 unspecified atom stereocenters. The first-order valence-electron chi connectivity index (χ1n) is 9.25. The van der Waals surface area contributed by atoms with Gasteiger partial charge in [0.1, 0.15) is 18.1 Å². The fraction of sp³-hybridized carbons (Fsp3) is 0.261. The molecular formula is C23H23NO3. The molecule has 4 nitrogen and oxygen atoms in total. The smallest absolute Gasteiger partial charge is 0.289 e. The van der Waals surface area contributed by atoms with E-state index < -0.39 is 0 Å². The van der Waals surface area contributed by atoms with Crippen LogP contribution in [0.4, 0.5) is 0 Å². The zero-order valence-corrected chi connectivity index (χ0v) is 15.7. The fourth-order valence-electron chi connectivity index (χ4n) is 3.35. The molecule has 2 heterocycles. The minimum absolute atomic E-state index is 0.0677. The van der Waals surface area contributed by atoms with Gasteiger partial charge in [0.05, 0.1) is 0 Å². The summed E-state index contributed by atoms with van der Waals surface area (Å²) in [4.78, 5) is 14.6. The van der Waals surface area contributed by atoms with E-state index in [2.05, 4.69) is 26.0 Å². The first-order valence-corrected chi connectivity index (χ1v) is 9.25. The fourth-order valence-corrected chi connectivity index (χ4v) is 3.35. The van der Waals surface area contributed by atoms with E-state index in [1.54, 1.807) is 6.07 Å². The maximum absolute atomic E-state index is 12.8. The van der Waals surface area contributed by atoms with Crippen molar-refractivity contribution in [1.29, 1.82) is 0 Å². The van der Waals surface area contributed by atoms with Gasteiger partial charge in [0, 0.05) is 13.1 Å².